The number of hydrazone groups is 1. The van der Waals surface area contributed by atoms with Gasteiger partial charge in [-0.1, -0.05) is 42.5 Å². The van der Waals surface area contributed by atoms with Crippen LogP contribution in [0, 0.1) is 0 Å². The van der Waals surface area contributed by atoms with Crippen LogP contribution in [0.5, 0.6) is 5.75 Å². The van der Waals surface area contributed by atoms with Crippen LogP contribution in [0.3, 0.4) is 0 Å². The van der Waals surface area contributed by atoms with E-state index in [9.17, 15) is 9.90 Å². The van der Waals surface area contributed by atoms with Gasteiger partial charge in [-0.3, -0.25) is 4.79 Å². The fourth-order valence-electron chi connectivity index (χ4n) is 1.54. The number of nitrogens with one attached hydrogen (secondary N) is 1. The minimum Gasteiger partial charge on any atom is -0.507 e. The van der Waals surface area contributed by atoms with Crippen LogP contribution >= 0.6 is 0 Å². The maximum absolute atomic E-state index is 11.5. The number of rotatable bonds is 4. The van der Waals surface area contributed by atoms with E-state index in [4.69, 9.17) is 0 Å². The summed E-state index contributed by atoms with van der Waals surface area (Å²) in [7, 11) is 0. The van der Waals surface area contributed by atoms with Gasteiger partial charge in [0.25, 0.3) is 5.91 Å². The number of hydrogen-bond donors (Lipinski definition) is 2. The van der Waals surface area contributed by atoms with Crippen molar-refractivity contribution in [3.8, 4) is 5.75 Å². The molecule has 0 saturated carbocycles. The first kappa shape index (κ1) is 13.5. The Morgan fingerprint density at radius 3 is 2.50 bits per heavy atom. The molecule has 4 heteroatoms. The molecule has 1 amide bonds. The molecule has 0 radical (unpaired) electrons. The van der Waals surface area contributed by atoms with Crippen LogP contribution in [0.1, 0.15) is 11.1 Å². The van der Waals surface area contributed by atoms with E-state index in [-0.39, 0.29) is 11.7 Å². The molecule has 100 valence electrons. The second-order valence-corrected chi connectivity index (χ2v) is 4.04. The molecule has 0 atom stereocenters. The van der Waals surface area contributed by atoms with Crippen molar-refractivity contribution in [2.24, 2.45) is 5.10 Å². The lowest BCUT2D eigenvalue weighted by molar-refractivity contribution is -0.116. The van der Waals surface area contributed by atoms with E-state index < -0.39 is 0 Å². The number of amides is 1. The Morgan fingerprint density at radius 2 is 1.75 bits per heavy atom. The van der Waals surface area contributed by atoms with Gasteiger partial charge in [0.15, 0.2) is 0 Å². The van der Waals surface area contributed by atoms with Crippen LogP contribution in [0.25, 0.3) is 6.08 Å². The molecule has 0 bridgehead atoms. The summed E-state index contributed by atoms with van der Waals surface area (Å²) >= 11 is 0. The van der Waals surface area contributed by atoms with Gasteiger partial charge in [0.05, 0.1) is 6.21 Å². The van der Waals surface area contributed by atoms with Gasteiger partial charge < -0.3 is 5.11 Å². The van der Waals surface area contributed by atoms with Crippen molar-refractivity contribution in [3.05, 3.63) is 71.8 Å². The van der Waals surface area contributed by atoms with Crippen molar-refractivity contribution in [2.45, 2.75) is 0 Å². The first-order chi connectivity index (χ1) is 9.75. The number of carbonyl (C=O) groups is 1. The van der Waals surface area contributed by atoms with Crippen LogP contribution in [-0.4, -0.2) is 17.2 Å². The number of nitrogens with zero attached hydrogens (tertiary/aromatic N) is 1. The van der Waals surface area contributed by atoms with E-state index in [1.54, 1.807) is 30.3 Å². The average Bonchev–Trinajstić information content (AvgIpc) is 2.48. The summed E-state index contributed by atoms with van der Waals surface area (Å²) in [4.78, 5) is 11.5. The van der Waals surface area contributed by atoms with E-state index >= 15 is 0 Å². The monoisotopic (exact) mass is 266 g/mol. The van der Waals surface area contributed by atoms with Crippen LogP contribution in [0.15, 0.2) is 65.8 Å². The van der Waals surface area contributed by atoms with Crippen molar-refractivity contribution >= 4 is 18.2 Å². The molecule has 0 heterocycles. The Kier molecular flexibility index (Phi) is 4.67. The minimum atomic E-state index is -0.333. The lowest BCUT2D eigenvalue weighted by Crippen LogP contribution is -2.14. The minimum absolute atomic E-state index is 0.116. The topological polar surface area (TPSA) is 61.7 Å². The lowest BCUT2D eigenvalue weighted by Gasteiger charge is -1.97. The maximum atomic E-state index is 11.5. The van der Waals surface area contributed by atoms with Gasteiger partial charge in [-0.05, 0) is 23.8 Å². The molecule has 0 spiro atoms. The third kappa shape index (κ3) is 4.10. The molecule has 2 aromatic carbocycles. The Morgan fingerprint density at radius 1 is 1.05 bits per heavy atom. The standard InChI is InChI=1S/C16H14N2O2/c19-15-9-5-4-8-14(15)12-17-18-16(20)11-10-13-6-2-1-3-7-13/h1-12,19H,(H,18,20)/b11-10+,17-12+. The summed E-state index contributed by atoms with van der Waals surface area (Å²) in [5.41, 5.74) is 3.84. The van der Waals surface area contributed by atoms with E-state index in [1.165, 1.54) is 12.3 Å². The molecule has 0 unspecified atom stereocenters. The molecule has 0 aliphatic rings. The van der Waals surface area contributed by atoms with Crippen molar-refractivity contribution in [1.82, 2.24) is 5.43 Å². The quantitative estimate of drug-likeness (QED) is 0.507. The Bertz CT molecular complexity index is 634. The third-order valence-electron chi connectivity index (χ3n) is 2.54. The van der Waals surface area contributed by atoms with Crippen molar-refractivity contribution in [3.63, 3.8) is 0 Å². The van der Waals surface area contributed by atoms with Crippen molar-refractivity contribution < 1.29 is 9.90 Å². The largest absolute Gasteiger partial charge is 0.507 e. The highest BCUT2D eigenvalue weighted by atomic mass is 16.3. The summed E-state index contributed by atoms with van der Waals surface area (Å²) in [5.74, 6) is -0.217. The van der Waals surface area contributed by atoms with Crippen LogP contribution in [0.4, 0.5) is 0 Å². The van der Waals surface area contributed by atoms with Crippen LogP contribution in [-0.2, 0) is 4.79 Å². The molecule has 20 heavy (non-hydrogen) atoms. The Hall–Kier alpha value is -2.88. The molecule has 2 N–H and O–H groups in total. The zero-order valence-electron chi connectivity index (χ0n) is 10.7. The second kappa shape index (κ2) is 6.89. The molecule has 4 nitrogen and oxygen atoms in total. The highest BCUT2D eigenvalue weighted by Crippen LogP contribution is 2.12. The first-order valence-electron chi connectivity index (χ1n) is 6.10. The maximum Gasteiger partial charge on any atom is 0.264 e. The number of carbonyl (C=O) groups excluding carboxylic acids is 1. The number of para-hydroxylation sites is 1. The zero-order valence-corrected chi connectivity index (χ0v) is 10.7. The van der Waals surface area contributed by atoms with Crippen LogP contribution < -0.4 is 5.43 Å². The van der Waals surface area contributed by atoms with E-state index in [1.807, 2.05) is 30.3 Å². The number of phenolic OH excluding ortho intramolecular Hbond substituents is 1. The average molecular weight is 266 g/mol. The normalized spacial score (nSPS) is 11.0. The number of aromatic hydroxyl groups is 1. The smallest absolute Gasteiger partial charge is 0.264 e. The van der Waals surface area contributed by atoms with Gasteiger partial charge in [-0.25, -0.2) is 5.43 Å². The Labute approximate surface area is 117 Å². The number of phenols is 1. The summed E-state index contributed by atoms with van der Waals surface area (Å²) < 4.78 is 0. The van der Waals surface area contributed by atoms with Gasteiger partial charge in [-0.15, -0.1) is 0 Å². The fraction of sp³-hybridized carbons (Fsp3) is 0. The fourth-order valence-corrected chi connectivity index (χ4v) is 1.54. The molecular weight excluding hydrogens is 252 g/mol. The van der Waals surface area contributed by atoms with Crippen molar-refractivity contribution in [1.29, 1.82) is 0 Å². The van der Waals surface area contributed by atoms with Gasteiger partial charge in [0.2, 0.25) is 0 Å². The van der Waals surface area contributed by atoms with Crippen molar-refractivity contribution in [2.75, 3.05) is 0 Å². The second-order valence-electron chi connectivity index (χ2n) is 4.04. The molecular formula is C16H14N2O2. The first-order valence-corrected chi connectivity index (χ1v) is 6.10. The van der Waals surface area contributed by atoms with Gasteiger partial charge >= 0.3 is 0 Å². The van der Waals surface area contributed by atoms with Gasteiger partial charge in [0.1, 0.15) is 5.75 Å². The molecule has 2 aromatic rings. The van der Waals surface area contributed by atoms with Crippen LogP contribution in [0.2, 0.25) is 0 Å². The molecule has 0 aliphatic carbocycles. The molecule has 0 saturated heterocycles. The number of benzene rings is 2. The summed E-state index contributed by atoms with van der Waals surface area (Å²) in [6.45, 7) is 0. The third-order valence-corrected chi connectivity index (χ3v) is 2.54. The SMILES string of the molecule is O=C(/C=C/c1ccccc1)N/N=C/c1ccccc1O. The zero-order chi connectivity index (χ0) is 14.2. The molecule has 0 aliphatic heterocycles. The molecule has 2 rings (SSSR count). The van der Waals surface area contributed by atoms with Gasteiger partial charge in [0, 0.05) is 11.6 Å². The Balaban J connectivity index is 1.90. The predicted octanol–water partition coefficient (Wildman–Crippen LogP) is 2.56. The number of hydrogen-bond acceptors (Lipinski definition) is 3. The van der Waals surface area contributed by atoms with E-state index in [0.717, 1.165) is 5.56 Å². The van der Waals surface area contributed by atoms with E-state index in [0.29, 0.717) is 5.56 Å². The van der Waals surface area contributed by atoms with Gasteiger partial charge in [-0.2, -0.15) is 5.10 Å². The molecule has 0 fully saturated rings. The summed E-state index contributed by atoms with van der Waals surface area (Å²) in [6, 6.07) is 16.2. The van der Waals surface area contributed by atoms with E-state index in [2.05, 4.69) is 10.5 Å². The predicted molar refractivity (Wildman–Crippen MR) is 79.3 cm³/mol. The summed E-state index contributed by atoms with van der Waals surface area (Å²) in [5, 5.41) is 13.3. The summed E-state index contributed by atoms with van der Waals surface area (Å²) in [6.07, 6.45) is 4.49. The highest BCUT2D eigenvalue weighted by Gasteiger charge is 1.95. The highest BCUT2D eigenvalue weighted by molar-refractivity contribution is 5.92. The lowest BCUT2D eigenvalue weighted by atomic mass is 10.2. The molecule has 0 aromatic heterocycles.